The second-order valence-corrected chi connectivity index (χ2v) is 24.7. The van der Waals surface area contributed by atoms with E-state index in [9.17, 15) is 8.78 Å². The first-order valence-electron chi connectivity index (χ1n) is 31.5. The zero-order chi connectivity index (χ0) is 69.0. The van der Waals surface area contributed by atoms with E-state index in [1.807, 2.05) is 36.0 Å². The summed E-state index contributed by atoms with van der Waals surface area (Å²) >= 11 is 2.26. The zero-order valence-electron chi connectivity index (χ0n) is 55.4. The molecule has 11 rings (SSSR count). The van der Waals surface area contributed by atoms with Crippen LogP contribution in [0, 0.1) is 34.9 Å². The maximum atomic E-state index is 15.9. The average molecular weight is 1380 g/mol. The van der Waals surface area contributed by atoms with Crippen molar-refractivity contribution >= 4 is 46.5 Å². The lowest BCUT2D eigenvalue weighted by Crippen LogP contribution is -2.47. The molecule has 16 nitrogen and oxygen atoms in total. The molecule has 1 aliphatic rings. The number of imidazole rings is 2. The highest BCUT2D eigenvalue weighted by Crippen LogP contribution is 2.42. The van der Waals surface area contributed by atoms with Gasteiger partial charge < -0.3 is 57.5 Å². The fraction of sp³-hybridized carbons (Fsp3) is 0.270. The van der Waals surface area contributed by atoms with Gasteiger partial charge in [-0.05, 0) is 132 Å². The fourth-order valence-electron chi connectivity index (χ4n) is 11.5. The molecule has 512 valence electrons. The minimum absolute atomic E-state index is 0.0191. The molecule has 1 aliphatic heterocycles. The lowest BCUT2D eigenvalue weighted by molar-refractivity contribution is 0.120. The first kappa shape index (κ1) is 69.7. The number of anilines is 4. The summed E-state index contributed by atoms with van der Waals surface area (Å²) in [5, 5.41) is 0.809. The maximum absolute atomic E-state index is 15.9. The molecular weight excluding hydrogens is 1310 g/mol. The van der Waals surface area contributed by atoms with Crippen LogP contribution in [-0.2, 0) is 11.5 Å². The molecule has 10 aromatic rings. The number of nitrogens with zero attached hydrogens (tertiary/aromatic N) is 8. The van der Waals surface area contributed by atoms with Crippen LogP contribution in [0.25, 0.3) is 33.6 Å². The van der Waals surface area contributed by atoms with Crippen molar-refractivity contribution < 1.29 is 64.2 Å². The number of hydrogen-bond acceptors (Lipinski definition) is 16. The van der Waals surface area contributed by atoms with E-state index in [1.54, 1.807) is 135 Å². The molecule has 3 heterocycles. The number of methoxy groups -OCH3 is 6. The van der Waals surface area contributed by atoms with Crippen molar-refractivity contribution in [1.29, 1.82) is 0 Å². The van der Waals surface area contributed by atoms with Gasteiger partial charge in [0.15, 0.2) is 56.4 Å². The highest BCUT2D eigenvalue weighted by molar-refractivity contribution is 7.98. The van der Waals surface area contributed by atoms with Crippen LogP contribution >= 0.6 is 23.5 Å². The molecule has 0 saturated carbocycles. The molecule has 0 amide bonds. The van der Waals surface area contributed by atoms with Crippen molar-refractivity contribution in [2.75, 3.05) is 119 Å². The topological polar surface area (TPSA) is 122 Å². The summed E-state index contributed by atoms with van der Waals surface area (Å²) in [6, 6.07) is 39.3. The number of aromatic nitrogens is 4. The Labute approximate surface area is 574 Å². The third-order valence-corrected chi connectivity index (χ3v) is 19.0. The van der Waals surface area contributed by atoms with Gasteiger partial charge in [-0.2, -0.15) is 0 Å². The number of hydrogen-bond donors (Lipinski definition) is 0. The smallest absolute Gasteiger partial charge is 0.174 e. The molecule has 0 radical (unpaired) electrons. The Kier molecular flexibility index (Phi) is 22.9. The summed E-state index contributed by atoms with van der Waals surface area (Å²) in [5.41, 5.74) is 4.29. The van der Waals surface area contributed by atoms with Gasteiger partial charge in [0, 0.05) is 112 Å². The van der Waals surface area contributed by atoms with Gasteiger partial charge in [-0.25, -0.2) is 36.3 Å². The van der Waals surface area contributed by atoms with Crippen LogP contribution < -0.4 is 47.7 Å². The van der Waals surface area contributed by atoms with Gasteiger partial charge in [0.25, 0.3) is 0 Å². The SMILES string of the molecule is COc1cc(-n2c(N(C)c3ccc(OC)c(OC)c3)cnc2SCc2c(F)cc(-c3ccc(OCCCN4CCN(CCCOc5ccc(-c6cc(F)c(CSc7ncc(N(C)c8ccc(OC)c(OC)c8)n7-c7ccc(F)c(OC)c7)c(F)c6)cc5)CC4)cc3)cc2F)ccc1F. The van der Waals surface area contributed by atoms with E-state index in [1.165, 1.54) is 62.8 Å². The third-order valence-electron chi connectivity index (χ3n) is 17.0. The highest BCUT2D eigenvalue weighted by Gasteiger charge is 2.25. The summed E-state index contributed by atoms with van der Waals surface area (Å²) in [6.07, 6.45) is 4.91. The zero-order valence-corrected chi connectivity index (χ0v) is 57.1. The van der Waals surface area contributed by atoms with Gasteiger partial charge in [0.05, 0.1) is 79.6 Å². The molecule has 98 heavy (non-hydrogen) atoms. The van der Waals surface area contributed by atoms with Crippen molar-refractivity contribution in [2.45, 2.75) is 34.7 Å². The minimum atomic E-state index is -0.703. The van der Waals surface area contributed by atoms with E-state index < -0.39 is 34.9 Å². The van der Waals surface area contributed by atoms with Crippen LogP contribution in [0.2, 0.25) is 0 Å². The summed E-state index contributed by atoms with van der Waals surface area (Å²) < 4.78 is 141. The van der Waals surface area contributed by atoms with Gasteiger partial charge in [0.2, 0.25) is 0 Å². The number of ether oxygens (including phenoxy) is 8. The largest absolute Gasteiger partial charge is 0.494 e. The minimum Gasteiger partial charge on any atom is -0.494 e. The van der Waals surface area contributed by atoms with Gasteiger partial charge in [-0.3, -0.25) is 9.13 Å². The lowest BCUT2D eigenvalue weighted by Gasteiger charge is -2.34. The fourth-order valence-corrected chi connectivity index (χ4v) is 13.5. The van der Waals surface area contributed by atoms with E-state index in [0.717, 1.165) is 87.0 Å². The quantitative estimate of drug-likeness (QED) is 0.0241. The van der Waals surface area contributed by atoms with Crippen LogP contribution in [0.1, 0.15) is 24.0 Å². The monoisotopic (exact) mass is 1380 g/mol. The molecule has 0 unspecified atom stereocenters. The van der Waals surface area contributed by atoms with Crippen LogP contribution in [0.15, 0.2) is 168 Å². The molecule has 0 N–H and O–H groups in total. The first-order valence-corrected chi connectivity index (χ1v) is 33.4. The van der Waals surface area contributed by atoms with E-state index in [-0.39, 0.29) is 34.1 Å². The Hall–Kier alpha value is -9.62. The van der Waals surface area contributed by atoms with E-state index in [0.29, 0.717) is 103 Å². The second kappa shape index (κ2) is 32.2. The predicted molar refractivity (Wildman–Crippen MR) is 371 cm³/mol. The highest BCUT2D eigenvalue weighted by atomic mass is 32.2. The van der Waals surface area contributed by atoms with Gasteiger partial charge in [-0.1, -0.05) is 47.8 Å². The molecule has 1 saturated heterocycles. The summed E-state index contributed by atoms with van der Waals surface area (Å²) in [7, 11) is 12.6. The Morgan fingerprint density at radius 2 is 0.745 bits per heavy atom. The summed E-state index contributed by atoms with van der Waals surface area (Å²) in [4.78, 5) is 17.9. The van der Waals surface area contributed by atoms with Crippen LogP contribution in [0.5, 0.6) is 46.0 Å². The molecule has 2 aromatic heterocycles. The van der Waals surface area contributed by atoms with Gasteiger partial charge in [-0.15, -0.1) is 0 Å². The number of benzene rings is 8. The normalized spacial score (nSPS) is 12.6. The first-order chi connectivity index (χ1) is 47.6. The number of halogens is 6. The Bertz CT molecular complexity index is 4060. The third kappa shape index (κ3) is 16.0. The maximum Gasteiger partial charge on any atom is 0.174 e. The van der Waals surface area contributed by atoms with Crippen molar-refractivity contribution in [3.8, 4) is 79.6 Å². The molecule has 8 aromatic carbocycles. The molecule has 0 aliphatic carbocycles. The molecule has 0 bridgehead atoms. The molecule has 0 atom stereocenters. The average Bonchev–Trinajstić information content (AvgIpc) is 1.58. The van der Waals surface area contributed by atoms with Crippen molar-refractivity contribution in [1.82, 2.24) is 28.9 Å². The summed E-state index contributed by atoms with van der Waals surface area (Å²) in [6.45, 7) is 6.49. The van der Waals surface area contributed by atoms with E-state index in [2.05, 4.69) is 19.8 Å². The molecule has 0 spiro atoms. The van der Waals surface area contributed by atoms with Crippen LogP contribution in [0.4, 0.5) is 49.4 Å². The summed E-state index contributed by atoms with van der Waals surface area (Å²) in [5.74, 6) is 0.549. The van der Waals surface area contributed by atoms with Gasteiger partial charge in [0.1, 0.15) is 46.4 Å². The number of rotatable bonds is 30. The molecule has 1 fully saturated rings. The number of thioether (sulfide) groups is 2. The van der Waals surface area contributed by atoms with Gasteiger partial charge >= 0.3 is 0 Å². The second-order valence-electron chi connectivity index (χ2n) is 22.9. The van der Waals surface area contributed by atoms with E-state index >= 15 is 17.6 Å². The van der Waals surface area contributed by atoms with Crippen molar-refractivity contribution in [3.63, 3.8) is 0 Å². The predicted octanol–water partition coefficient (Wildman–Crippen LogP) is 16.3. The van der Waals surface area contributed by atoms with Crippen molar-refractivity contribution in [2.24, 2.45) is 0 Å². The lowest BCUT2D eigenvalue weighted by atomic mass is 10.0. The van der Waals surface area contributed by atoms with Crippen molar-refractivity contribution in [3.05, 3.63) is 204 Å². The van der Waals surface area contributed by atoms with E-state index in [4.69, 9.17) is 37.9 Å². The Balaban J connectivity index is 0.610. The van der Waals surface area contributed by atoms with Crippen LogP contribution in [-0.4, -0.2) is 138 Å². The standard InChI is InChI=1S/C74H74F6N8O8S2/c1-83(51-17-25-65(89-3)69(39-51)93-7)71-43-81-73(87(71)53-15-23-59(75)67(41-53)91-5)97-45-57-61(77)35-49(36-62(57)78)47-11-19-55(20-12-47)95-33-9-27-85-29-31-86(32-30-85)28-10-34-96-56-21-13-48(14-22-56)50-37-63(79)58(64(80)38-50)46-98-74-82-44-72(88(74)54-16-24-60(76)68(42-54)92-6)84(2)52-18-26-66(90-4)70(40-52)94-8/h11-26,35-44H,9-10,27-34,45-46H2,1-8H3. The Morgan fingerprint density at radius 1 is 0.388 bits per heavy atom. The molecule has 24 heteroatoms. The number of piperazine rings is 1. The molecular formula is C74H74F6N8O8S2. The Morgan fingerprint density at radius 3 is 1.09 bits per heavy atom. The van der Waals surface area contributed by atoms with Crippen LogP contribution in [0.3, 0.4) is 0 Å².